The number of aliphatic carboxylic acids is 1. The zero-order chi connectivity index (χ0) is 21.1. The number of carbonyl (C=O) groups excluding carboxylic acids is 4. The maximum absolute atomic E-state index is 12.3. The highest BCUT2D eigenvalue weighted by atomic mass is 32.1. The molecule has 0 radical (unpaired) electrons. The lowest BCUT2D eigenvalue weighted by Crippen LogP contribution is -2.56. The number of nitrogens with one attached hydrogen (secondary N) is 3. The topological polar surface area (TPSA) is 194 Å². The molecule has 0 aromatic carbocycles. The molecule has 0 rings (SSSR count). The predicted molar refractivity (Wildman–Crippen MR) is 103 cm³/mol. The average Bonchev–Trinajstić information content (AvgIpc) is 2.60. The van der Waals surface area contributed by atoms with E-state index < -0.39 is 53.8 Å². The third-order valence-electron chi connectivity index (χ3n) is 3.40. The average molecular weight is 424 g/mol. The van der Waals surface area contributed by atoms with Gasteiger partial charge in [0.25, 0.3) is 0 Å². The van der Waals surface area contributed by atoms with Crippen molar-refractivity contribution in [3.8, 4) is 0 Å². The van der Waals surface area contributed by atoms with Gasteiger partial charge >= 0.3 is 5.97 Å². The van der Waals surface area contributed by atoms with Crippen molar-refractivity contribution >= 4 is 54.9 Å². The minimum atomic E-state index is -1.31. The number of nitrogens with two attached hydrogens (primary N) is 2. The second kappa shape index (κ2) is 12.4. The van der Waals surface area contributed by atoms with Crippen LogP contribution >= 0.6 is 25.3 Å². The van der Waals surface area contributed by atoms with Crippen molar-refractivity contribution in [1.82, 2.24) is 16.0 Å². The molecule has 4 amide bonds. The fraction of sp³-hybridized carbons (Fsp3) is 0.643. The van der Waals surface area contributed by atoms with Crippen molar-refractivity contribution in [2.75, 3.05) is 11.5 Å². The van der Waals surface area contributed by atoms with E-state index in [4.69, 9.17) is 16.6 Å². The number of amides is 4. The largest absolute Gasteiger partial charge is 0.480 e. The molecule has 11 nitrogen and oxygen atoms in total. The number of hydrogen-bond donors (Lipinski definition) is 8. The molecule has 0 aliphatic rings. The van der Waals surface area contributed by atoms with Crippen molar-refractivity contribution in [2.45, 2.75) is 43.9 Å². The van der Waals surface area contributed by atoms with Gasteiger partial charge in [0, 0.05) is 17.9 Å². The van der Waals surface area contributed by atoms with Gasteiger partial charge in [0.2, 0.25) is 23.6 Å². The van der Waals surface area contributed by atoms with Gasteiger partial charge in [0.15, 0.2) is 0 Å². The van der Waals surface area contributed by atoms with E-state index in [1.165, 1.54) is 6.92 Å². The van der Waals surface area contributed by atoms with Crippen LogP contribution in [0.1, 0.15) is 19.8 Å². The Kier molecular flexibility index (Phi) is 11.5. The third-order valence-corrected chi connectivity index (χ3v) is 4.15. The highest BCUT2D eigenvalue weighted by Gasteiger charge is 2.28. The molecule has 0 aliphatic carbocycles. The van der Waals surface area contributed by atoms with Gasteiger partial charge in [-0.05, 0) is 13.3 Å². The quantitative estimate of drug-likeness (QED) is 0.153. The Labute approximate surface area is 167 Å². The summed E-state index contributed by atoms with van der Waals surface area (Å²) in [5.41, 5.74) is 10.5. The maximum atomic E-state index is 12.3. The second-order valence-corrected chi connectivity index (χ2v) is 6.40. The number of carbonyl (C=O) groups is 5. The Morgan fingerprint density at radius 1 is 0.926 bits per heavy atom. The molecule has 0 aromatic heterocycles. The number of thiol groups is 2. The van der Waals surface area contributed by atoms with Crippen LogP contribution in [-0.4, -0.2) is 70.4 Å². The molecule has 0 saturated carbocycles. The summed E-state index contributed by atoms with van der Waals surface area (Å²) in [6.45, 7) is 1.37. The smallest absolute Gasteiger partial charge is 0.327 e. The lowest BCUT2D eigenvalue weighted by molar-refractivity contribution is -0.141. The first kappa shape index (κ1) is 25.0. The van der Waals surface area contributed by atoms with Crippen LogP contribution in [0.25, 0.3) is 0 Å². The van der Waals surface area contributed by atoms with Crippen LogP contribution < -0.4 is 27.4 Å². The second-order valence-electron chi connectivity index (χ2n) is 5.67. The Bertz CT molecular complexity index is 576. The summed E-state index contributed by atoms with van der Waals surface area (Å²) in [4.78, 5) is 58.2. The first-order chi connectivity index (χ1) is 12.5. The van der Waals surface area contributed by atoms with E-state index in [2.05, 4.69) is 41.2 Å². The molecule has 0 spiro atoms. The highest BCUT2D eigenvalue weighted by Crippen LogP contribution is 2.01. The minimum Gasteiger partial charge on any atom is -0.480 e. The third kappa shape index (κ3) is 9.49. The predicted octanol–water partition coefficient (Wildman–Crippen LogP) is -3.00. The molecule has 4 atom stereocenters. The minimum absolute atomic E-state index is 0.0735. The van der Waals surface area contributed by atoms with Gasteiger partial charge in [-0.15, -0.1) is 0 Å². The monoisotopic (exact) mass is 423 g/mol. The molecule has 154 valence electrons. The Balaban J connectivity index is 5.04. The Morgan fingerprint density at radius 2 is 1.48 bits per heavy atom. The molecule has 8 N–H and O–H groups in total. The zero-order valence-corrected chi connectivity index (χ0v) is 16.5. The summed E-state index contributed by atoms with van der Waals surface area (Å²) >= 11 is 7.71. The van der Waals surface area contributed by atoms with Crippen LogP contribution in [0.15, 0.2) is 0 Å². The molecule has 0 aliphatic heterocycles. The molecule has 0 saturated heterocycles. The molecule has 0 fully saturated rings. The van der Waals surface area contributed by atoms with E-state index in [1.54, 1.807) is 0 Å². The molecule has 0 aromatic rings. The van der Waals surface area contributed by atoms with Crippen molar-refractivity contribution in [3.05, 3.63) is 0 Å². The molecular weight excluding hydrogens is 398 g/mol. The number of hydrogen-bond acceptors (Lipinski definition) is 8. The van der Waals surface area contributed by atoms with Crippen LogP contribution in [0, 0.1) is 0 Å². The van der Waals surface area contributed by atoms with E-state index in [-0.39, 0.29) is 24.3 Å². The van der Waals surface area contributed by atoms with Crippen molar-refractivity contribution < 1.29 is 29.1 Å². The van der Waals surface area contributed by atoms with Crippen LogP contribution in [0.4, 0.5) is 0 Å². The fourth-order valence-corrected chi connectivity index (χ4v) is 2.19. The lowest BCUT2D eigenvalue weighted by Gasteiger charge is -2.23. The van der Waals surface area contributed by atoms with Crippen molar-refractivity contribution in [3.63, 3.8) is 0 Å². The first-order valence-electron chi connectivity index (χ1n) is 7.93. The van der Waals surface area contributed by atoms with Gasteiger partial charge in [-0.1, -0.05) is 0 Å². The summed E-state index contributed by atoms with van der Waals surface area (Å²) in [7, 11) is 0. The van der Waals surface area contributed by atoms with Gasteiger partial charge in [0.05, 0.1) is 6.04 Å². The molecular formula is C14H25N5O6S2. The Hall–Kier alpha value is -1.99. The summed E-state index contributed by atoms with van der Waals surface area (Å²) in [5, 5.41) is 15.9. The SMILES string of the molecule is CC(NC(=O)C(N)CS)C(=O)NC(CCC(N)=O)C(=O)NC(CS)C(=O)O. The van der Waals surface area contributed by atoms with E-state index in [9.17, 15) is 24.0 Å². The maximum Gasteiger partial charge on any atom is 0.327 e. The van der Waals surface area contributed by atoms with Crippen LogP contribution in [0.2, 0.25) is 0 Å². The molecule has 0 bridgehead atoms. The summed E-state index contributed by atoms with van der Waals surface area (Å²) in [6.07, 6.45) is -0.370. The van der Waals surface area contributed by atoms with Crippen LogP contribution in [0.3, 0.4) is 0 Å². The number of rotatable bonds is 12. The molecule has 0 heterocycles. The van der Waals surface area contributed by atoms with Crippen molar-refractivity contribution in [2.24, 2.45) is 11.5 Å². The first-order valence-corrected chi connectivity index (χ1v) is 9.19. The van der Waals surface area contributed by atoms with Gasteiger partial charge in [-0.2, -0.15) is 25.3 Å². The molecule has 4 unspecified atom stereocenters. The standard InChI is InChI=1S/C14H25N5O6S2/c1-6(17-12(22)7(15)4-26)11(21)18-8(2-3-10(16)20)13(23)19-9(5-27)14(24)25/h6-9,26-27H,2-5,15H2,1H3,(H2,16,20)(H,17,22)(H,18,21)(H,19,23)(H,24,25). The fourth-order valence-electron chi connectivity index (χ4n) is 1.78. The molecule has 27 heavy (non-hydrogen) atoms. The van der Waals surface area contributed by atoms with E-state index in [0.29, 0.717) is 0 Å². The van der Waals surface area contributed by atoms with E-state index >= 15 is 0 Å². The lowest BCUT2D eigenvalue weighted by atomic mass is 10.1. The van der Waals surface area contributed by atoms with Crippen LogP contribution in [0.5, 0.6) is 0 Å². The zero-order valence-electron chi connectivity index (χ0n) is 14.7. The van der Waals surface area contributed by atoms with Crippen LogP contribution in [-0.2, 0) is 24.0 Å². The van der Waals surface area contributed by atoms with Gasteiger partial charge in [0.1, 0.15) is 18.1 Å². The van der Waals surface area contributed by atoms with Gasteiger partial charge < -0.3 is 32.5 Å². The van der Waals surface area contributed by atoms with Crippen molar-refractivity contribution in [1.29, 1.82) is 0 Å². The summed E-state index contributed by atoms with van der Waals surface area (Å²) in [5.74, 6) is -4.26. The molecule has 13 heteroatoms. The van der Waals surface area contributed by atoms with E-state index in [1.807, 2.05) is 0 Å². The highest BCUT2D eigenvalue weighted by molar-refractivity contribution is 7.80. The van der Waals surface area contributed by atoms with Gasteiger partial charge in [-0.3, -0.25) is 19.2 Å². The van der Waals surface area contributed by atoms with E-state index in [0.717, 1.165) is 0 Å². The summed E-state index contributed by atoms with van der Waals surface area (Å²) < 4.78 is 0. The summed E-state index contributed by atoms with van der Waals surface area (Å²) in [6, 6.07) is -4.46. The number of carboxylic acids is 1. The number of carboxylic acid groups (broad SMARTS) is 1. The Morgan fingerprint density at radius 3 is 1.93 bits per heavy atom. The normalized spacial score (nSPS) is 15.0. The number of primary amides is 1. The van der Waals surface area contributed by atoms with Gasteiger partial charge in [-0.25, -0.2) is 4.79 Å².